The predicted molar refractivity (Wildman–Crippen MR) is 118 cm³/mol. The van der Waals surface area contributed by atoms with Crippen LogP contribution < -0.4 is 4.74 Å². The maximum Gasteiger partial charge on any atom is 0.346 e. The Labute approximate surface area is 190 Å². The van der Waals surface area contributed by atoms with Crippen LogP contribution in [0.15, 0.2) is 42.5 Å². The van der Waals surface area contributed by atoms with Crippen LogP contribution in [0.3, 0.4) is 0 Å². The summed E-state index contributed by atoms with van der Waals surface area (Å²) in [5, 5.41) is 11.6. The highest BCUT2D eigenvalue weighted by atomic mass is 31.2. The molecule has 1 amide bonds. The third-order valence-electron chi connectivity index (χ3n) is 5.12. The van der Waals surface area contributed by atoms with Crippen LogP contribution >= 0.6 is 7.67 Å². The highest BCUT2D eigenvalue weighted by Gasteiger charge is 2.50. The van der Waals surface area contributed by atoms with Gasteiger partial charge in [0, 0.05) is 55.9 Å². The molecule has 2 saturated heterocycles. The lowest BCUT2D eigenvalue weighted by Crippen LogP contribution is -2.21. The normalized spacial score (nSPS) is 18.8. The van der Waals surface area contributed by atoms with E-state index in [4.69, 9.17) is 13.4 Å². The second-order valence-electron chi connectivity index (χ2n) is 7.62. The van der Waals surface area contributed by atoms with Gasteiger partial charge in [0.1, 0.15) is 5.75 Å². The van der Waals surface area contributed by atoms with E-state index < -0.39 is 31.6 Å². The van der Waals surface area contributed by atoms with Gasteiger partial charge >= 0.3 is 13.4 Å². The quantitative estimate of drug-likeness (QED) is 0.239. The summed E-state index contributed by atoms with van der Waals surface area (Å²) in [6.45, 7) is 1.88. The lowest BCUT2D eigenvalue weighted by atomic mass is 10.1. The molecule has 2 aromatic carbocycles. The highest BCUT2D eigenvalue weighted by molar-refractivity contribution is 7.54. The monoisotopic (exact) mass is 463 g/mol. The van der Waals surface area contributed by atoms with E-state index in [0.717, 1.165) is 7.05 Å². The Hall–Kier alpha value is -2.78. The van der Waals surface area contributed by atoms with E-state index in [1.807, 2.05) is 0 Å². The standard InChI is InChI=1S/C21H25N4O6P/c1-15(31-32(29,23-9-10-23)24-11-12-24)16-7-8-19(25(27)28)20(14-16)30-18-6-4-5-17(13-18)21(26)22(2)3/h4-8,13-15H,9-12H2,1-3H3/t15-/m0/s1/i2D3. The van der Waals surface area contributed by atoms with E-state index in [1.54, 1.807) is 16.3 Å². The summed E-state index contributed by atoms with van der Waals surface area (Å²) in [6.07, 6.45) is -0.633. The molecule has 0 unspecified atom stereocenters. The molecular formula is C21H25N4O6P. The van der Waals surface area contributed by atoms with Gasteiger partial charge in [0.2, 0.25) is 5.75 Å². The minimum absolute atomic E-state index is 0.0505. The van der Waals surface area contributed by atoms with Crippen LogP contribution in [0.1, 0.15) is 33.1 Å². The van der Waals surface area contributed by atoms with Crippen molar-refractivity contribution in [1.82, 2.24) is 14.2 Å². The zero-order valence-electron chi connectivity index (χ0n) is 20.6. The van der Waals surface area contributed by atoms with Crippen LogP contribution in [-0.4, -0.2) is 65.3 Å². The molecule has 1 atom stereocenters. The van der Waals surface area contributed by atoms with Crippen molar-refractivity contribution in [3.05, 3.63) is 63.7 Å². The van der Waals surface area contributed by atoms with Crippen molar-refractivity contribution in [1.29, 1.82) is 0 Å². The Balaban J connectivity index is 1.59. The van der Waals surface area contributed by atoms with Crippen molar-refractivity contribution in [3.63, 3.8) is 0 Å². The Bertz CT molecular complexity index is 1190. The Morgan fingerprint density at radius 2 is 1.91 bits per heavy atom. The van der Waals surface area contributed by atoms with Crippen molar-refractivity contribution in [3.8, 4) is 11.5 Å². The van der Waals surface area contributed by atoms with Crippen LogP contribution in [0.25, 0.3) is 0 Å². The fraction of sp³-hybridized carbons (Fsp3) is 0.381. The predicted octanol–water partition coefficient (Wildman–Crippen LogP) is 3.91. The number of nitrogens with zero attached hydrogens (tertiary/aromatic N) is 4. The Morgan fingerprint density at radius 3 is 2.50 bits per heavy atom. The first-order chi connectivity index (χ1) is 16.4. The van der Waals surface area contributed by atoms with Gasteiger partial charge < -0.3 is 9.64 Å². The number of hydrogen-bond donors (Lipinski definition) is 0. The summed E-state index contributed by atoms with van der Waals surface area (Å²) >= 11 is 0. The third kappa shape index (κ3) is 4.68. The number of ether oxygens (including phenoxy) is 1. The number of carbonyl (C=O) groups excluding carboxylic acids is 1. The van der Waals surface area contributed by atoms with E-state index in [2.05, 4.69) is 0 Å². The summed E-state index contributed by atoms with van der Waals surface area (Å²) in [6, 6.07) is 9.98. The van der Waals surface area contributed by atoms with Gasteiger partial charge in [0.05, 0.1) is 11.0 Å². The molecule has 2 aliphatic heterocycles. The largest absolute Gasteiger partial charge is 0.450 e. The smallest absolute Gasteiger partial charge is 0.346 e. The molecule has 10 nitrogen and oxygen atoms in total. The van der Waals surface area contributed by atoms with Gasteiger partial charge in [-0.2, -0.15) is 0 Å². The summed E-state index contributed by atoms with van der Waals surface area (Å²) in [4.78, 5) is 24.1. The molecule has 2 fully saturated rings. The van der Waals surface area contributed by atoms with E-state index in [9.17, 15) is 19.5 Å². The average Bonchev–Trinajstić information content (AvgIpc) is 3.69. The zero-order valence-corrected chi connectivity index (χ0v) is 18.5. The molecule has 2 aromatic rings. The number of rotatable bonds is 9. The first kappa shape index (κ1) is 18.8. The zero-order chi connectivity index (χ0) is 25.5. The molecule has 0 N–H and O–H groups in total. The lowest BCUT2D eigenvalue weighted by Gasteiger charge is -2.24. The van der Waals surface area contributed by atoms with Gasteiger partial charge in [-0.1, -0.05) is 6.07 Å². The molecule has 0 bridgehead atoms. The highest BCUT2D eigenvalue weighted by Crippen LogP contribution is 2.63. The van der Waals surface area contributed by atoms with Gasteiger partial charge in [-0.25, -0.2) is 9.34 Å². The maximum absolute atomic E-state index is 13.3. The number of hydrogen-bond acceptors (Lipinski definition) is 6. The van der Waals surface area contributed by atoms with Crippen molar-refractivity contribution in [2.45, 2.75) is 13.0 Å². The molecule has 0 spiro atoms. The Kier molecular flexibility index (Phi) is 5.06. The number of amides is 1. The molecular weight excluding hydrogens is 435 g/mol. The fourth-order valence-electron chi connectivity index (χ4n) is 3.20. The van der Waals surface area contributed by atoms with Gasteiger partial charge in [-0.15, -0.1) is 0 Å². The number of carbonyl (C=O) groups is 1. The van der Waals surface area contributed by atoms with E-state index >= 15 is 0 Å². The fourth-order valence-corrected chi connectivity index (χ4v) is 5.55. The third-order valence-corrected chi connectivity index (χ3v) is 7.94. The van der Waals surface area contributed by atoms with Crippen LogP contribution in [-0.2, 0) is 9.09 Å². The molecule has 11 heteroatoms. The first-order valence-electron chi connectivity index (χ1n) is 11.5. The van der Waals surface area contributed by atoms with E-state index in [1.165, 1.54) is 42.5 Å². The summed E-state index contributed by atoms with van der Waals surface area (Å²) in [7, 11) is -1.95. The molecule has 2 heterocycles. The average molecular weight is 463 g/mol. The molecule has 0 saturated carbocycles. The molecule has 0 aliphatic carbocycles. The van der Waals surface area contributed by atoms with Crippen LogP contribution in [0.2, 0.25) is 0 Å². The summed E-state index contributed by atoms with van der Waals surface area (Å²) < 4.78 is 50.8. The minimum Gasteiger partial charge on any atom is -0.450 e. The van der Waals surface area contributed by atoms with Crippen molar-refractivity contribution in [2.75, 3.05) is 40.2 Å². The van der Waals surface area contributed by atoms with Crippen molar-refractivity contribution < 1.29 is 27.7 Å². The van der Waals surface area contributed by atoms with E-state index in [0.29, 0.717) is 36.6 Å². The van der Waals surface area contributed by atoms with Crippen molar-refractivity contribution >= 4 is 19.3 Å². The summed E-state index contributed by atoms with van der Waals surface area (Å²) in [5.74, 6) is -0.728. The van der Waals surface area contributed by atoms with Gasteiger partial charge in [0.25, 0.3) is 5.91 Å². The Morgan fingerprint density at radius 1 is 1.22 bits per heavy atom. The van der Waals surface area contributed by atoms with Crippen LogP contribution in [0.5, 0.6) is 11.5 Å². The SMILES string of the molecule is [2H]C([2H])([2H])N(C)C(=O)c1cccc(Oc2cc([C@H](C)OP(=O)(N3CC3)N3CC3)ccc2[N+](=O)[O-])c1. The molecule has 170 valence electrons. The van der Waals surface area contributed by atoms with E-state index in [-0.39, 0.29) is 22.7 Å². The number of nitro benzene ring substituents is 1. The summed E-state index contributed by atoms with van der Waals surface area (Å²) in [5.41, 5.74) is 0.274. The van der Waals surface area contributed by atoms with Crippen molar-refractivity contribution in [2.24, 2.45) is 0 Å². The minimum atomic E-state index is -3.11. The number of benzene rings is 2. The van der Waals surface area contributed by atoms with Crippen LogP contribution in [0, 0.1) is 10.1 Å². The van der Waals surface area contributed by atoms with Crippen LogP contribution in [0.4, 0.5) is 5.69 Å². The molecule has 32 heavy (non-hydrogen) atoms. The molecule has 4 rings (SSSR count). The lowest BCUT2D eigenvalue weighted by molar-refractivity contribution is -0.385. The number of nitro groups is 1. The topological polar surface area (TPSA) is 105 Å². The molecule has 2 aliphatic rings. The van der Waals surface area contributed by atoms with Gasteiger partial charge in [-0.3, -0.25) is 24.0 Å². The maximum atomic E-state index is 13.3. The second kappa shape index (κ2) is 8.63. The molecule has 0 aromatic heterocycles. The molecule has 0 radical (unpaired) electrons. The second-order valence-corrected chi connectivity index (χ2v) is 9.95. The first-order valence-corrected chi connectivity index (χ1v) is 11.6. The van der Waals surface area contributed by atoms with Gasteiger partial charge in [0.15, 0.2) is 0 Å². The van der Waals surface area contributed by atoms with Gasteiger partial charge in [-0.05, 0) is 42.8 Å².